The average molecular weight is 501 g/mol. The Morgan fingerprint density at radius 2 is 2.06 bits per heavy atom. The van der Waals surface area contributed by atoms with E-state index >= 15 is 0 Å². The van der Waals surface area contributed by atoms with Gasteiger partial charge in [-0.15, -0.1) is 11.3 Å². The number of ketones is 1. The molecule has 1 saturated heterocycles. The molecule has 1 amide bonds. The smallest absolute Gasteiger partial charge is 0.237 e. The summed E-state index contributed by atoms with van der Waals surface area (Å²) in [6, 6.07) is 8.78. The second-order valence-electron chi connectivity index (χ2n) is 8.13. The van der Waals surface area contributed by atoms with Crippen molar-refractivity contribution >= 4 is 45.7 Å². The number of amides is 1. The van der Waals surface area contributed by atoms with Crippen molar-refractivity contribution in [3.63, 3.8) is 0 Å². The zero-order valence-electron chi connectivity index (χ0n) is 19.2. The molecule has 34 heavy (non-hydrogen) atoms. The summed E-state index contributed by atoms with van der Waals surface area (Å²) in [6.45, 7) is 3.50. The van der Waals surface area contributed by atoms with Gasteiger partial charge < -0.3 is 20.5 Å². The molecule has 0 aliphatic carbocycles. The molecule has 2 aromatic heterocycles. The van der Waals surface area contributed by atoms with Crippen molar-refractivity contribution in [1.29, 1.82) is 0 Å². The standard InChI is InChI=1S/C24H28N4O4S2/c1-14-27-19-5-3-16(31-2)11-18(19)24(28-14)33-13-20(29)21-6-4-17(34-21)12-26-23(30)22(25)15-7-9-32-10-8-15/h3-6,11,15,22H,7-10,12-13,25H2,1-2H3,(H,26,30). The van der Waals surface area contributed by atoms with Gasteiger partial charge in [-0.05, 0) is 56.0 Å². The van der Waals surface area contributed by atoms with E-state index in [4.69, 9.17) is 15.2 Å². The zero-order chi connectivity index (χ0) is 24.1. The number of nitrogens with zero attached hydrogens (tertiary/aromatic N) is 2. The molecule has 8 nitrogen and oxygen atoms in total. The van der Waals surface area contributed by atoms with E-state index in [0.29, 0.717) is 30.5 Å². The molecular formula is C24H28N4O4S2. The molecule has 0 spiro atoms. The zero-order valence-corrected chi connectivity index (χ0v) is 20.8. The molecule has 3 aromatic rings. The first-order chi connectivity index (χ1) is 16.4. The SMILES string of the molecule is COc1ccc2nc(C)nc(SCC(=O)c3ccc(CNC(=O)C(N)C4CCOCC4)s3)c2c1. The minimum Gasteiger partial charge on any atom is -0.497 e. The number of carbonyl (C=O) groups excluding carboxylic acids is 2. The van der Waals surface area contributed by atoms with E-state index in [2.05, 4.69) is 15.3 Å². The summed E-state index contributed by atoms with van der Waals surface area (Å²) in [7, 11) is 1.61. The van der Waals surface area contributed by atoms with E-state index in [1.165, 1.54) is 23.1 Å². The van der Waals surface area contributed by atoms with Crippen molar-refractivity contribution in [2.24, 2.45) is 11.7 Å². The molecule has 1 unspecified atom stereocenters. The molecular weight excluding hydrogens is 472 g/mol. The molecule has 1 atom stereocenters. The monoisotopic (exact) mass is 500 g/mol. The Labute approximate surface area is 206 Å². The van der Waals surface area contributed by atoms with Gasteiger partial charge in [0.1, 0.15) is 16.6 Å². The quantitative estimate of drug-likeness (QED) is 0.261. The fraction of sp³-hybridized carbons (Fsp3) is 0.417. The molecule has 4 rings (SSSR count). The van der Waals surface area contributed by atoms with Gasteiger partial charge in [-0.3, -0.25) is 9.59 Å². The maximum atomic E-state index is 12.8. The van der Waals surface area contributed by atoms with Gasteiger partial charge in [0, 0.05) is 23.5 Å². The van der Waals surface area contributed by atoms with Crippen LogP contribution in [0.25, 0.3) is 10.9 Å². The third-order valence-corrected chi connectivity index (χ3v) is 7.89. The molecule has 1 aromatic carbocycles. The number of ether oxygens (including phenoxy) is 2. The van der Waals surface area contributed by atoms with Crippen molar-refractivity contribution in [2.45, 2.75) is 37.4 Å². The second-order valence-corrected chi connectivity index (χ2v) is 10.3. The van der Waals surface area contributed by atoms with Crippen LogP contribution in [0.2, 0.25) is 0 Å². The summed E-state index contributed by atoms with van der Waals surface area (Å²) in [5.74, 6) is 1.62. The maximum Gasteiger partial charge on any atom is 0.237 e. The maximum absolute atomic E-state index is 12.8. The van der Waals surface area contributed by atoms with Crippen LogP contribution < -0.4 is 15.8 Å². The number of methoxy groups -OCH3 is 1. The lowest BCUT2D eigenvalue weighted by Crippen LogP contribution is -2.46. The first kappa shape index (κ1) is 24.6. The van der Waals surface area contributed by atoms with Gasteiger partial charge in [-0.25, -0.2) is 9.97 Å². The van der Waals surface area contributed by atoms with E-state index in [1.807, 2.05) is 31.2 Å². The fourth-order valence-corrected chi connectivity index (χ4v) is 5.75. The van der Waals surface area contributed by atoms with Crippen LogP contribution in [0.3, 0.4) is 0 Å². The first-order valence-corrected chi connectivity index (χ1v) is 12.9. The Balaban J connectivity index is 1.34. The molecule has 180 valence electrons. The third-order valence-electron chi connectivity index (χ3n) is 5.77. The van der Waals surface area contributed by atoms with E-state index in [-0.39, 0.29) is 23.4 Å². The third kappa shape index (κ3) is 5.93. The molecule has 0 radical (unpaired) electrons. The van der Waals surface area contributed by atoms with Gasteiger partial charge in [0.25, 0.3) is 0 Å². The van der Waals surface area contributed by atoms with Crippen molar-refractivity contribution in [3.8, 4) is 5.75 Å². The van der Waals surface area contributed by atoms with Gasteiger partial charge in [-0.2, -0.15) is 0 Å². The molecule has 1 fully saturated rings. The lowest BCUT2D eigenvalue weighted by Gasteiger charge is -2.26. The van der Waals surface area contributed by atoms with E-state index in [9.17, 15) is 9.59 Å². The highest BCUT2D eigenvalue weighted by molar-refractivity contribution is 8.00. The van der Waals surface area contributed by atoms with Gasteiger partial charge in [0.15, 0.2) is 5.78 Å². The van der Waals surface area contributed by atoms with E-state index < -0.39 is 6.04 Å². The summed E-state index contributed by atoms with van der Waals surface area (Å²) >= 11 is 2.77. The van der Waals surface area contributed by atoms with Crippen molar-refractivity contribution in [3.05, 3.63) is 45.9 Å². The Morgan fingerprint density at radius 1 is 1.26 bits per heavy atom. The predicted octanol–water partition coefficient (Wildman–Crippen LogP) is 3.35. The first-order valence-electron chi connectivity index (χ1n) is 11.1. The van der Waals surface area contributed by atoms with Crippen LogP contribution in [0, 0.1) is 12.8 Å². The van der Waals surface area contributed by atoms with Gasteiger partial charge in [0.05, 0.1) is 35.8 Å². The number of hydrogen-bond acceptors (Lipinski definition) is 9. The minimum atomic E-state index is -0.536. The number of aryl methyl sites for hydroxylation is 1. The number of rotatable bonds is 9. The lowest BCUT2D eigenvalue weighted by atomic mass is 9.92. The second kappa shape index (κ2) is 11.3. The summed E-state index contributed by atoms with van der Waals surface area (Å²) in [4.78, 5) is 35.8. The largest absolute Gasteiger partial charge is 0.497 e. The number of nitrogens with one attached hydrogen (secondary N) is 1. The number of hydrogen-bond donors (Lipinski definition) is 2. The summed E-state index contributed by atoms with van der Waals surface area (Å²) in [5.41, 5.74) is 6.95. The Morgan fingerprint density at radius 3 is 2.82 bits per heavy atom. The number of thioether (sulfide) groups is 1. The van der Waals surface area contributed by atoms with E-state index in [0.717, 1.165) is 39.4 Å². The van der Waals surface area contributed by atoms with Crippen LogP contribution in [0.5, 0.6) is 5.75 Å². The molecule has 1 aliphatic heterocycles. The Bertz CT molecular complexity index is 1180. The van der Waals surface area contributed by atoms with Crippen molar-refractivity contribution in [1.82, 2.24) is 15.3 Å². The number of carbonyl (C=O) groups is 2. The van der Waals surface area contributed by atoms with Crippen LogP contribution in [0.15, 0.2) is 35.4 Å². The highest BCUT2D eigenvalue weighted by Gasteiger charge is 2.26. The van der Waals surface area contributed by atoms with Crippen LogP contribution in [-0.2, 0) is 16.1 Å². The minimum absolute atomic E-state index is 0.0128. The van der Waals surface area contributed by atoms with Gasteiger partial charge in [0.2, 0.25) is 5.91 Å². The number of benzene rings is 1. The number of Topliss-reactive ketones (excluding diaryl/α,β-unsaturated/α-hetero) is 1. The molecule has 0 bridgehead atoms. The average Bonchev–Trinajstić information content (AvgIpc) is 3.34. The predicted molar refractivity (Wildman–Crippen MR) is 134 cm³/mol. The van der Waals surface area contributed by atoms with Crippen LogP contribution >= 0.6 is 23.1 Å². The highest BCUT2D eigenvalue weighted by Crippen LogP contribution is 2.29. The summed E-state index contributed by atoms with van der Waals surface area (Å²) in [5, 5.41) is 4.51. The Hall–Kier alpha value is -2.53. The van der Waals surface area contributed by atoms with Crippen LogP contribution in [-0.4, -0.2) is 53.8 Å². The molecule has 3 heterocycles. The topological polar surface area (TPSA) is 116 Å². The number of nitrogens with two attached hydrogens (primary N) is 1. The molecule has 0 saturated carbocycles. The van der Waals surface area contributed by atoms with Gasteiger partial charge in [-0.1, -0.05) is 11.8 Å². The lowest BCUT2D eigenvalue weighted by molar-refractivity contribution is -0.124. The van der Waals surface area contributed by atoms with Crippen molar-refractivity contribution < 1.29 is 19.1 Å². The molecule has 1 aliphatic rings. The Kier molecular flexibility index (Phi) is 8.15. The van der Waals surface area contributed by atoms with Crippen LogP contribution in [0.4, 0.5) is 0 Å². The number of thiophene rings is 1. The fourth-order valence-electron chi connectivity index (χ4n) is 3.84. The molecule has 3 N–H and O–H groups in total. The summed E-state index contributed by atoms with van der Waals surface area (Å²) < 4.78 is 10.7. The van der Waals surface area contributed by atoms with Crippen molar-refractivity contribution in [2.75, 3.05) is 26.1 Å². The normalized spacial score (nSPS) is 15.3. The highest BCUT2D eigenvalue weighted by atomic mass is 32.2. The number of fused-ring (bicyclic) bond motifs is 1. The number of aromatic nitrogens is 2. The summed E-state index contributed by atoms with van der Waals surface area (Å²) in [6.07, 6.45) is 1.61. The van der Waals surface area contributed by atoms with Gasteiger partial charge >= 0.3 is 0 Å². The van der Waals surface area contributed by atoms with Crippen LogP contribution in [0.1, 0.15) is 33.2 Å². The van der Waals surface area contributed by atoms with E-state index in [1.54, 1.807) is 13.2 Å². The molecule has 10 heteroatoms.